The molecule has 1 aromatic heterocycles. The van der Waals surface area contributed by atoms with E-state index in [1.807, 2.05) is 30.3 Å². The second-order valence-electron chi connectivity index (χ2n) is 4.20. The molecule has 0 bridgehead atoms. The lowest BCUT2D eigenvalue weighted by molar-refractivity contribution is 0.0912. The van der Waals surface area contributed by atoms with Gasteiger partial charge in [-0.1, -0.05) is 30.3 Å². The summed E-state index contributed by atoms with van der Waals surface area (Å²) in [5, 5.41) is 12.0. The second-order valence-corrected chi connectivity index (χ2v) is 4.20. The maximum atomic E-state index is 11.8. The highest BCUT2D eigenvalue weighted by molar-refractivity contribution is 5.92. The van der Waals surface area contributed by atoms with Gasteiger partial charge in [-0.15, -0.1) is 0 Å². The molecule has 0 aliphatic heterocycles. The molecule has 6 nitrogen and oxygen atoms in total. The lowest BCUT2D eigenvalue weighted by Gasteiger charge is -2.15. The third-order valence-electron chi connectivity index (χ3n) is 2.72. The summed E-state index contributed by atoms with van der Waals surface area (Å²) < 4.78 is 0. The Bertz CT molecular complexity index is 588. The summed E-state index contributed by atoms with van der Waals surface area (Å²) >= 11 is 0. The Labute approximate surface area is 109 Å². The Morgan fingerprint density at radius 1 is 1.32 bits per heavy atom. The van der Waals surface area contributed by atoms with Gasteiger partial charge in [-0.25, -0.2) is 4.79 Å². The van der Waals surface area contributed by atoms with Gasteiger partial charge < -0.3 is 20.4 Å². The van der Waals surface area contributed by atoms with E-state index in [9.17, 15) is 14.7 Å². The van der Waals surface area contributed by atoms with E-state index >= 15 is 0 Å². The van der Waals surface area contributed by atoms with Gasteiger partial charge in [0.25, 0.3) is 5.91 Å². The van der Waals surface area contributed by atoms with Crippen LogP contribution in [0.5, 0.6) is 0 Å². The fourth-order valence-electron chi connectivity index (χ4n) is 1.78. The highest BCUT2D eigenvalue weighted by atomic mass is 16.3. The smallest absolute Gasteiger partial charge is 0.323 e. The number of H-pyrrole nitrogens is 2. The Kier molecular flexibility index (Phi) is 4.15. The lowest BCUT2D eigenvalue weighted by atomic mass is 10.1. The van der Waals surface area contributed by atoms with E-state index in [2.05, 4.69) is 15.3 Å². The van der Waals surface area contributed by atoms with E-state index in [4.69, 9.17) is 0 Å². The van der Waals surface area contributed by atoms with Crippen molar-refractivity contribution in [2.45, 2.75) is 12.5 Å². The number of aromatic nitrogens is 2. The molecule has 1 aromatic carbocycles. The third-order valence-corrected chi connectivity index (χ3v) is 2.72. The number of nitrogens with one attached hydrogen (secondary N) is 3. The predicted molar refractivity (Wildman–Crippen MR) is 69.9 cm³/mol. The summed E-state index contributed by atoms with van der Waals surface area (Å²) in [6, 6.07) is 9.15. The Morgan fingerprint density at radius 2 is 2.05 bits per heavy atom. The standard InChI is InChI=1S/C13H15N3O3/c17-8-10(6-9-4-2-1-3-5-9)15-12(18)11-7-14-13(19)16-11/h1-5,7,10,17H,6,8H2,(H,15,18)(H2,14,16,19). The number of amides is 1. The van der Waals surface area contributed by atoms with Crippen LogP contribution in [0.1, 0.15) is 16.1 Å². The topological polar surface area (TPSA) is 98.0 Å². The molecule has 6 heteroatoms. The van der Waals surface area contributed by atoms with Gasteiger partial charge in [0, 0.05) is 6.20 Å². The largest absolute Gasteiger partial charge is 0.394 e. The molecule has 1 atom stereocenters. The van der Waals surface area contributed by atoms with Gasteiger partial charge in [-0.3, -0.25) is 4.79 Å². The SMILES string of the molecule is O=C(NC(CO)Cc1ccccc1)c1c[nH]c(=O)[nH]1. The third kappa shape index (κ3) is 3.56. The lowest BCUT2D eigenvalue weighted by Crippen LogP contribution is -2.39. The van der Waals surface area contributed by atoms with Crippen LogP contribution in [0.3, 0.4) is 0 Å². The molecule has 1 heterocycles. The minimum atomic E-state index is -0.436. The highest BCUT2D eigenvalue weighted by Crippen LogP contribution is 2.03. The van der Waals surface area contributed by atoms with Crippen LogP contribution < -0.4 is 11.0 Å². The minimum absolute atomic E-state index is 0.150. The molecule has 2 rings (SSSR count). The number of rotatable bonds is 5. The van der Waals surface area contributed by atoms with Crippen LogP contribution in [0.2, 0.25) is 0 Å². The van der Waals surface area contributed by atoms with Crippen molar-refractivity contribution < 1.29 is 9.90 Å². The predicted octanol–water partition coefficient (Wildman–Crippen LogP) is 0.0364. The van der Waals surface area contributed by atoms with Gasteiger partial charge in [-0.2, -0.15) is 0 Å². The number of benzene rings is 1. The molecule has 0 fully saturated rings. The average Bonchev–Trinajstić information content (AvgIpc) is 2.86. The van der Waals surface area contributed by atoms with E-state index in [-0.39, 0.29) is 12.3 Å². The summed E-state index contributed by atoms with van der Waals surface area (Å²) in [6.45, 7) is -0.171. The number of carbonyl (C=O) groups is 1. The quantitative estimate of drug-likeness (QED) is 0.611. The number of aliphatic hydroxyl groups is 1. The van der Waals surface area contributed by atoms with E-state index in [0.29, 0.717) is 6.42 Å². The van der Waals surface area contributed by atoms with E-state index in [1.165, 1.54) is 6.20 Å². The zero-order valence-electron chi connectivity index (χ0n) is 10.2. The van der Waals surface area contributed by atoms with Crippen LogP contribution in [-0.4, -0.2) is 33.6 Å². The monoisotopic (exact) mass is 261 g/mol. The molecule has 0 aliphatic rings. The molecule has 0 spiro atoms. The molecular formula is C13H15N3O3. The number of carbonyl (C=O) groups excluding carboxylic acids is 1. The fraction of sp³-hybridized carbons (Fsp3) is 0.231. The normalized spacial score (nSPS) is 12.1. The zero-order valence-corrected chi connectivity index (χ0v) is 10.2. The first kappa shape index (κ1) is 13.1. The fourth-order valence-corrected chi connectivity index (χ4v) is 1.78. The van der Waals surface area contributed by atoms with Crippen molar-refractivity contribution in [3.8, 4) is 0 Å². The van der Waals surface area contributed by atoms with Gasteiger partial charge >= 0.3 is 5.69 Å². The Hall–Kier alpha value is -2.34. The first-order chi connectivity index (χ1) is 9.19. The van der Waals surface area contributed by atoms with Crippen LogP contribution in [0.25, 0.3) is 0 Å². The summed E-state index contributed by atoms with van der Waals surface area (Å²) in [5.74, 6) is -0.423. The van der Waals surface area contributed by atoms with Gasteiger partial charge in [0.2, 0.25) is 0 Å². The number of imidazole rings is 1. The average molecular weight is 261 g/mol. The zero-order chi connectivity index (χ0) is 13.7. The summed E-state index contributed by atoms with van der Waals surface area (Å²) in [5.41, 5.74) is 0.731. The minimum Gasteiger partial charge on any atom is -0.394 e. The van der Waals surface area contributed by atoms with Crippen molar-refractivity contribution >= 4 is 5.91 Å². The molecule has 4 N–H and O–H groups in total. The van der Waals surface area contributed by atoms with Gasteiger partial charge in [-0.05, 0) is 12.0 Å². The molecule has 1 amide bonds. The van der Waals surface area contributed by atoms with Crippen molar-refractivity contribution in [3.63, 3.8) is 0 Å². The van der Waals surface area contributed by atoms with Gasteiger partial charge in [0.1, 0.15) is 5.69 Å². The maximum Gasteiger partial charge on any atom is 0.323 e. The van der Waals surface area contributed by atoms with Crippen LogP contribution in [0, 0.1) is 0 Å². The number of hydrogen-bond acceptors (Lipinski definition) is 3. The van der Waals surface area contributed by atoms with E-state index in [1.54, 1.807) is 0 Å². The summed E-state index contributed by atoms with van der Waals surface area (Å²) in [4.78, 5) is 27.4. The molecule has 1 unspecified atom stereocenters. The summed E-state index contributed by atoms with van der Waals surface area (Å²) in [6.07, 6.45) is 1.83. The molecule has 0 aliphatic carbocycles. The highest BCUT2D eigenvalue weighted by Gasteiger charge is 2.14. The molecule has 0 saturated carbocycles. The van der Waals surface area contributed by atoms with Crippen molar-refractivity contribution in [1.82, 2.24) is 15.3 Å². The van der Waals surface area contributed by atoms with Crippen molar-refractivity contribution in [2.24, 2.45) is 0 Å². The van der Waals surface area contributed by atoms with Crippen LogP contribution in [0.15, 0.2) is 41.3 Å². The Balaban J connectivity index is 1.99. The van der Waals surface area contributed by atoms with E-state index < -0.39 is 17.6 Å². The summed E-state index contributed by atoms with van der Waals surface area (Å²) in [7, 11) is 0. The second kappa shape index (κ2) is 6.01. The molecule has 0 saturated heterocycles. The molecule has 0 radical (unpaired) electrons. The van der Waals surface area contributed by atoms with Crippen molar-refractivity contribution in [3.05, 3.63) is 58.3 Å². The van der Waals surface area contributed by atoms with E-state index in [0.717, 1.165) is 5.56 Å². The number of aliphatic hydroxyl groups excluding tert-OH is 1. The van der Waals surface area contributed by atoms with Gasteiger partial charge in [0.05, 0.1) is 12.6 Å². The first-order valence-electron chi connectivity index (χ1n) is 5.92. The Morgan fingerprint density at radius 3 is 2.63 bits per heavy atom. The number of hydrogen-bond donors (Lipinski definition) is 4. The van der Waals surface area contributed by atoms with Crippen molar-refractivity contribution in [2.75, 3.05) is 6.61 Å². The molecule has 19 heavy (non-hydrogen) atoms. The van der Waals surface area contributed by atoms with Crippen LogP contribution in [0.4, 0.5) is 0 Å². The van der Waals surface area contributed by atoms with Crippen LogP contribution in [-0.2, 0) is 6.42 Å². The van der Waals surface area contributed by atoms with Gasteiger partial charge in [0.15, 0.2) is 0 Å². The maximum absolute atomic E-state index is 11.8. The molecular weight excluding hydrogens is 246 g/mol. The van der Waals surface area contributed by atoms with Crippen LogP contribution >= 0.6 is 0 Å². The first-order valence-corrected chi connectivity index (χ1v) is 5.92. The molecule has 2 aromatic rings. The van der Waals surface area contributed by atoms with Crippen molar-refractivity contribution in [1.29, 1.82) is 0 Å². The number of aromatic amines is 2. The molecule has 100 valence electrons.